The zero-order valence-electron chi connectivity index (χ0n) is 15.9. The first-order valence-corrected chi connectivity index (χ1v) is 9.16. The minimum atomic E-state index is -0.547. The Morgan fingerprint density at radius 2 is 1.76 bits per heavy atom. The van der Waals surface area contributed by atoms with Crippen LogP contribution in [0.15, 0.2) is 47.0 Å². The molecule has 2 amide bonds. The van der Waals surface area contributed by atoms with Crippen LogP contribution in [-0.4, -0.2) is 42.2 Å². The summed E-state index contributed by atoms with van der Waals surface area (Å²) in [5.41, 5.74) is 2.13. The molecular formula is C20H19ClN4O4. The predicted molar refractivity (Wildman–Crippen MR) is 107 cm³/mol. The lowest BCUT2D eigenvalue weighted by Crippen LogP contribution is -2.34. The maximum absolute atomic E-state index is 12.2. The van der Waals surface area contributed by atoms with Crippen LogP contribution in [0.1, 0.15) is 26.6 Å². The van der Waals surface area contributed by atoms with Crippen molar-refractivity contribution in [2.45, 2.75) is 6.92 Å². The van der Waals surface area contributed by atoms with Gasteiger partial charge in [-0.25, -0.2) is 0 Å². The molecule has 0 saturated carbocycles. The molecule has 0 radical (unpaired) electrons. The van der Waals surface area contributed by atoms with Gasteiger partial charge < -0.3 is 19.9 Å². The van der Waals surface area contributed by atoms with Crippen molar-refractivity contribution >= 4 is 23.4 Å². The van der Waals surface area contributed by atoms with E-state index in [9.17, 15) is 9.59 Å². The predicted octanol–water partition coefficient (Wildman–Crippen LogP) is 2.87. The fourth-order valence-electron chi connectivity index (χ4n) is 2.51. The van der Waals surface area contributed by atoms with Crippen molar-refractivity contribution in [1.82, 2.24) is 20.8 Å². The maximum atomic E-state index is 12.2. The van der Waals surface area contributed by atoms with Crippen molar-refractivity contribution < 1.29 is 18.8 Å². The molecule has 8 nitrogen and oxygen atoms in total. The second-order valence-electron chi connectivity index (χ2n) is 6.15. The summed E-state index contributed by atoms with van der Waals surface area (Å²) in [6.07, 6.45) is 0. The lowest BCUT2D eigenvalue weighted by atomic mass is 10.1. The maximum Gasteiger partial charge on any atom is 0.316 e. The summed E-state index contributed by atoms with van der Waals surface area (Å²) in [7, 11) is 1.51. The van der Waals surface area contributed by atoms with Crippen molar-refractivity contribution in [3.05, 3.63) is 64.5 Å². The first-order valence-electron chi connectivity index (χ1n) is 8.78. The lowest BCUT2D eigenvalue weighted by Gasteiger charge is -2.06. The molecule has 0 unspecified atom stereocenters. The molecule has 0 atom stereocenters. The van der Waals surface area contributed by atoms with Gasteiger partial charge in [-0.3, -0.25) is 9.59 Å². The molecule has 9 heteroatoms. The van der Waals surface area contributed by atoms with Gasteiger partial charge in [-0.15, -0.1) is 0 Å². The van der Waals surface area contributed by atoms with E-state index in [2.05, 4.69) is 20.8 Å². The number of carbonyl (C=O) groups excluding carboxylic acids is 2. The first kappa shape index (κ1) is 20.3. The Balaban J connectivity index is 1.54. The number of hydrogen-bond donors (Lipinski definition) is 2. The Kier molecular flexibility index (Phi) is 6.46. The van der Waals surface area contributed by atoms with Crippen LogP contribution < -0.4 is 15.4 Å². The normalized spacial score (nSPS) is 10.4. The number of halogens is 1. The van der Waals surface area contributed by atoms with Crippen molar-refractivity contribution in [2.24, 2.45) is 0 Å². The van der Waals surface area contributed by atoms with Crippen molar-refractivity contribution in [2.75, 3.05) is 20.2 Å². The standard InChI is InChI=1S/C20H19ClN4O4/c1-12-3-5-13(6-4-12)18(26)22-9-10-23-19(27)20-24-17(25-29-20)15-11-14(21)7-8-16(15)28-2/h3-8,11H,9-10H2,1-2H3,(H,22,26)(H,23,27). The molecule has 2 aromatic carbocycles. The van der Waals surface area contributed by atoms with Gasteiger partial charge in [0.2, 0.25) is 5.82 Å². The first-order chi connectivity index (χ1) is 14.0. The molecular weight excluding hydrogens is 396 g/mol. The Labute approximate surface area is 172 Å². The molecule has 0 spiro atoms. The van der Waals surface area contributed by atoms with Crippen LogP contribution in [0.5, 0.6) is 5.75 Å². The zero-order valence-corrected chi connectivity index (χ0v) is 16.6. The highest BCUT2D eigenvalue weighted by molar-refractivity contribution is 6.30. The Morgan fingerprint density at radius 3 is 2.45 bits per heavy atom. The summed E-state index contributed by atoms with van der Waals surface area (Å²) < 4.78 is 10.3. The number of ether oxygens (including phenoxy) is 1. The quantitative estimate of drug-likeness (QED) is 0.576. The summed E-state index contributed by atoms with van der Waals surface area (Å²) in [6.45, 7) is 2.40. The Hall–Kier alpha value is -3.39. The minimum Gasteiger partial charge on any atom is -0.496 e. The van der Waals surface area contributed by atoms with Crippen molar-refractivity contribution in [3.63, 3.8) is 0 Å². The topological polar surface area (TPSA) is 106 Å². The summed E-state index contributed by atoms with van der Waals surface area (Å²) in [5, 5.41) is 9.62. The van der Waals surface area contributed by atoms with Gasteiger partial charge in [-0.05, 0) is 37.3 Å². The van der Waals surface area contributed by atoms with Gasteiger partial charge in [0.1, 0.15) is 5.75 Å². The zero-order chi connectivity index (χ0) is 20.8. The largest absolute Gasteiger partial charge is 0.496 e. The highest BCUT2D eigenvalue weighted by Gasteiger charge is 2.18. The molecule has 2 N–H and O–H groups in total. The minimum absolute atomic E-state index is 0.183. The summed E-state index contributed by atoms with van der Waals surface area (Å²) in [4.78, 5) is 28.3. The molecule has 150 valence electrons. The van der Waals surface area contributed by atoms with Gasteiger partial charge >= 0.3 is 11.8 Å². The Bertz CT molecular complexity index is 1020. The number of aromatic nitrogens is 2. The van der Waals surface area contributed by atoms with Crippen molar-refractivity contribution in [1.29, 1.82) is 0 Å². The SMILES string of the molecule is COc1ccc(Cl)cc1-c1noc(C(=O)NCCNC(=O)c2ccc(C)cc2)n1. The number of methoxy groups -OCH3 is 1. The van der Waals surface area contributed by atoms with Gasteiger partial charge in [0.15, 0.2) is 0 Å². The van der Waals surface area contributed by atoms with E-state index in [4.69, 9.17) is 20.9 Å². The van der Waals surface area contributed by atoms with E-state index in [-0.39, 0.29) is 30.7 Å². The molecule has 0 bridgehead atoms. The summed E-state index contributed by atoms with van der Waals surface area (Å²) >= 11 is 6.00. The molecule has 0 aliphatic heterocycles. The third-order valence-electron chi connectivity index (χ3n) is 4.03. The van der Waals surface area contributed by atoms with E-state index >= 15 is 0 Å². The summed E-state index contributed by atoms with van der Waals surface area (Å²) in [6, 6.07) is 12.2. The lowest BCUT2D eigenvalue weighted by molar-refractivity contribution is 0.0898. The molecule has 1 heterocycles. The van der Waals surface area contributed by atoms with E-state index in [0.717, 1.165) is 5.56 Å². The molecule has 0 aliphatic carbocycles. The highest BCUT2D eigenvalue weighted by Crippen LogP contribution is 2.30. The fourth-order valence-corrected chi connectivity index (χ4v) is 2.69. The molecule has 0 fully saturated rings. The van der Waals surface area contributed by atoms with Gasteiger partial charge in [0.05, 0.1) is 12.7 Å². The smallest absolute Gasteiger partial charge is 0.316 e. The molecule has 1 aromatic heterocycles. The molecule has 0 aliphatic rings. The number of amides is 2. The number of nitrogens with zero attached hydrogens (tertiary/aromatic N) is 2. The number of aryl methyl sites for hydroxylation is 1. The van der Waals surface area contributed by atoms with E-state index in [1.165, 1.54) is 7.11 Å². The van der Waals surface area contributed by atoms with Gasteiger partial charge in [-0.2, -0.15) is 4.98 Å². The highest BCUT2D eigenvalue weighted by atomic mass is 35.5. The van der Waals surface area contributed by atoms with Crippen LogP contribution in [-0.2, 0) is 0 Å². The van der Waals surface area contributed by atoms with E-state index in [1.807, 2.05) is 19.1 Å². The van der Waals surface area contributed by atoms with Crippen LogP contribution in [0, 0.1) is 6.92 Å². The fraction of sp³-hybridized carbons (Fsp3) is 0.200. The van der Waals surface area contributed by atoms with Crippen LogP contribution in [0.3, 0.4) is 0 Å². The average molecular weight is 415 g/mol. The second kappa shape index (κ2) is 9.20. The van der Waals surface area contributed by atoms with Gasteiger partial charge in [-0.1, -0.05) is 34.5 Å². The number of carbonyl (C=O) groups is 2. The molecule has 29 heavy (non-hydrogen) atoms. The molecule has 3 rings (SSSR count). The second-order valence-corrected chi connectivity index (χ2v) is 6.58. The van der Waals surface area contributed by atoms with Crippen LogP contribution >= 0.6 is 11.6 Å². The van der Waals surface area contributed by atoms with Crippen molar-refractivity contribution in [3.8, 4) is 17.1 Å². The monoisotopic (exact) mass is 414 g/mol. The van der Waals surface area contributed by atoms with Crippen LogP contribution in [0.25, 0.3) is 11.4 Å². The van der Waals surface area contributed by atoms with Crippen LogP contribution in [0.2, 0.25) is 5.02 Å². The number of benzene rings is 2. The van der Waals surface area contributed by atoms with Crippen LogP contribution in [0.4, 0.5) is 0 Å². The summed E-state index contributed by atoms with van der Waals surface area (Å²) in [5.74, 6) is -0.281. The Morgan fingerprint density at radius 1 is 1.07 bits per heavy atom. The number of nitrogens with one attached hydrogen (secondary N) is 2. The molecule has 0 saturated heterocycles. The van der Waals surface area contributed by atoms with Gasteiger partial charge in [0, 0.05) is 23.7 Å². The average Bonchev–Trinajstić information content (AvgIpc) is 3.21. The molecule has 3 aromatic rings. The number of rotatable bonds is 7. The van der Waals surface area contributed by atoms with E-state index < -0.39 is 5.91 Å². The van der Waals surface area contributed by atoms with E-state index in [0.29, 0.717) is 21.9 Å². The third kappa shape index (κ3) is 5.11. The third-order valence-corrected chi connectivity index (χ3v) is 4.27. The van der Waals surface area contributed by atoms with Gasteiger partial charge in [0.25, 0.3) is 5.91 Å². The number of hydrogen-bond acceptors (Lipinski definition) is 6. The van der Waals surface area contributed by atoms with E-state index in [1.54, 1.807) is 30.3 Å².